The number of aromatic hydroxyl groups is 1. The Bertz CT molecular complexity index is 403. The molecule has 3 heteroatoms. The predicted molar refractivity (Wildman–Crippen MR) is 56.2 cm³/mol. The molecule has 1 aromatic rings. The Morgan fingerprint density at radius 2 is 2.00 bits per heavy atom. The first-order valence-corrected chi connectivity index (χ1v) is 4.68. The van der Waals surface area contributed by atoms with E-state index in [2.05, 4.69) is 0 Å². The molecule has 0 radical (unpaired) electrons. The molecule has 0 bridgehead atoms. The van der Waals surface area contributed by atoms with E-state index in [0.717, 1.165) is 5.56 Å². The van der Waals surface area contributed by atoms with E-state index >= 15 is 0 Å². The summed E-state index contributed by atoms with van der Waals surface area (Å²) in [7, 11) is 0. The summed E-state index contributed by atoms with van der Waals surface area (Å²) in [5, 5.41) is 18.0. The molecule has 1 unspecified atom stereocenters. The van der Waals surface area contributed by atoms with Gasteiger partial charge in [0.25, 0.3) is 0 Å². The van der Waals surface area contributed by atoms with E-state index in [0.29, 0.717) is 6.42 Å². The lowest BCUT2D eigenvalue weighted by molar-refractivity contribution is -0.123. The zero-order valence-electron chi connectivity index (χ0n) is 8.82. The van der Waals surface area contributed by atoms with Gasteiger partial charge in [-0.3, -0.25) is 4.79 Å². The zero-order valence-corrected chi connectivity index (χ0v) is 8.82. The number of hydrogen-bond donors (Lipinski definition) is 1. The van der Waals surface area contributed by atoms with E-state index in [1.165, 1.54) is 6.92 Å². The summed E-state index contributed by atoms with van der Waals surface area (Å²) in [6, 6.07) is 8.56. The van der Waals surface area contributed by atoms with Crippen LogP contribution in [0.25, 0.3) is 0 Å². The fraction of sp³-hybridized carbons (Fsp3) is 0.333. The van der Waals surface area contributed by atoms with Crippen LogP contribution in [-0.2, 0) is 11.2 Å². The van der Waals surface area contributed by atoms with Crippen LogP contribution < -0.4 is 0 Å². The minimum absolute atomic E-state index is 0.141. The summed E-state index contributed by atoms with van der Waals surface area (Å²) in [4.78, 5) is 11.3. The summed E-state index contributed by atoms with van der Waals surface area (Å²) in [6.07, 6.45) is 0.374. The third kappa shape index (κ3) is 2.57. The SMILES string of the molecule is CC(=O)C(C)(C#N)Cc1ccc(O)cc1. The fourth-order valence-corrected chi connectivity index (χ4v) is 1.26. The van der Waals surface area contributed by atoms with Crippen LogP contribution >= 0.6 is 0 Å². The summed E-state index contributed by atoms with van der Waals surface area (Å²) in [5.41, 5.74) is -0.108. The van der Waals surface area contributed by atoms with Gasteiger partial charge in [0.1, 0.15) is 16.9 Å². The lowest BCUT2D eigenvalue weighted by Crippen LogP contribution is -2.26. The van der Waals surface area contributed by atoms with E-state index in [1.54, 1.807) is 31.2 Å². The minimum atomic E-state index is -0.975. The molecule has 0 heterocycles. The second kappa shape index (κ2) is 4.14. The van der Waals surface area contributed by atoms with Crippen LogP contribution in [-0.4, -0.2) is 10.9 Å². The van der Waals surface area contributed by atoms with Crippen molar-refractivity contribution in [2.75, 3.05) is 0 Å². The van der Waals surface area contributed by atoms with Gasteiger partial charge in [-0.2, -0.15) is 5.26 Å². The third-order valence-corrected chi connectivity index (χ3v) is 2.52. The van der Waals surface area contributed by atoms with Crippen LogP contribution in [0, 0.1) is 16.7 Å². The molecule has 0 saturated carbocycles. The number of Topliss-reactive ketones (excluding diaryl/α,β-unsaturated/α-hetero) is 1. The highest BCUT2D eigenvalue weighted by molar-refractivity contribution is 5.85. The van der Waals surface area contributed by atoms with Crippen LogP contribution in [0.15, 0.2) is 24.3 Å². The van der Waals surface area contributed by atoms with Gasteiger partial charge in [0, 0.05) is 0 Å². The first-order valence-electron chi connectivity index (χ1n) is 4.68. The second-order valence-corrected chi connectivity index (χ2v) is 3.84. The molecular weight excluding hydrogens is 190 g/mol. The minimum Gasteiger partial charge on any atom is -0.508 e. The van der Waals surface area contributed by atoms with Gasteiger partial charge in [-0.15, -0.1) is 0 Å². The Morgan fingerprint density at radius 3 is 2.40 bits per heavy atom. The van der Waals surface area contributed by atoms with Gasteiger partial charge in [-0.1, -0.05) is 12.1 Å². The summed E-state index contributed by atoms with van der Waals surface area (Å²) < 4.78 is 0. The smallest absolute Gasteiger partial charge is 0.150 e. The van der Waals surface area contributed by atoms with Crippen molar-refractivity contribution in [1.82, 2.24) is 0 Å². The van der Waals surface area contributed by atoms with Crippen molar-refractivity contribution in [3.8, 4) is 11.8 Å². The summed E-state index contributed by atoms with van der Waals surface area (Å²) >= 11 is 0. The Labute approximate surface area is 89.0 Å². The molecular formula is C12H13NO2. The summed E-state index contributed by atoms with van der Waals surface area (Å²) in [6.45, 7) is 3.05. The molecule has 0 spiro atoms. The molecule has 1 atom stereocenters. The molecule has 15 heavy (non-hydrogen) atoms. The average molecular weight is 203 g/mol. The van der Waals surface area contributed by atoms with Crippen molar-refractivity contribution in [1.29, 1.82) is 5.26 Å². The molecule has 0 aliphatic rings. The number of carbonyl (C=O) groups is 1. The maximum absolute atomic E-state index is 11.3. The molecule has 0 aromatic heterocycles. The Hall–Kier alpha value is -1.82. The van der Waals surface area contributed by atoms with E-state index < -0.39 is 5.41 Å². The number of hydrogen-bond acceptors (Lipinski definition) is 3. The highest BCUT2D eigenvalue weighted by Crippen LogP contribution is 2.23. The van der Waals surface area contributed by atoms with Gasteiger partial charge < -0.3 is 5.11 Å². The Morgan fingerprint density at radius 1 is 1.47 bits per heavy atom. The van der Waals surface area contributed by atoms with Crippen molar-refractivity contribution in [3.63, 3.8) is 0 Å². The first kappa shape index (κ1) is 11.3. The average Bonchev–Trinajstić information content (AvgIpc) is 2.21. The van der Waals surface area contributed by atoms with Crippen LogP contribution in [0.5, 0.6) is 5.75 Å². The summed E-state index contributed by atoms with van der Waals surface area (Å²) in [5.74, 6) is 0.0401. The maximum atomic E-state index is 11.3. The number of benzene rings is 1. The normalized spacial score (nSPS) is 13.9. The van der Waals surface area contributed by atoms with Gasteiger partial charge in [-0.25, -0.2) is 0 Å². The van der Waals surface area contributed by atoms with Gasteiger partial charge in [0.2, 0.25) is 0 Å². The van der Waals surface area contributed by atoms with Crippen molar-refractivity contribution in [2.24, 2.45) is 5.41 Å². The largest absolute Gasteiger partial charge is 0.508 e. The number of nitriles is 1. The fourth-order valence-electron chi connectivity index (χ4n) is 1.26. The van der Waals surface area contributed by atoms with Gasteiger partial charge in [-0.05, 0) is 38.0 Å². The van der Waals surface area contributed by atoms with E-state index in [-0.39, 0.29) is 11.5 Å². The molecule has 0 amide bonds. The first-order chi connectivity index (χ1) is 6.98. The lowest BCUT2D eigenvalue weighted by Gasteiger charge is -2.17. The molecule has 0 fully saturated rings. The lowest BCUT2D eigenvalue weighted by atomic mass is 9.82. The van der Waals surface area contributed by atoms with Crippen LogP contribution in [0.3, 0.4) is 0 Å². The molecule has 1 N–H and O–H groups in total. The third-order valence-electron chi connectivity index (χ3n) is 2.52. The standard InChI is InChI=1S/C12H13NO2/c1-9(14)12(2,8-13)7-10-3-5-11(15)6-4-10/h3-6,15H,7H2,1-2H3. The van der Waals surface area contributed by atoms with Gasteiger partial charge in [0.05, 0.1) is 6.07 Å². The number of phenolic OH excluding ortho intramolecular Hbond substituents is 1. The number of rotatable bonds is 3. The molecule has 0 saturated heterocycles. The number of ketones is 1. The monoisotopic (exact) mass is 203 g/mol. The van der Waals surface area contributed by atoms with Crippen LogP contribution in [0.1, 0.15) is 19.4 Å². The Kier molecular flexibility index (Phi) is 3.11. The second-order valence-electron chi connectivity index (χ2n) is 3.84. The van der Waals surface area contributed by atoms with Gasteiger partial charge in [0.15, 0.2) is 0 Å². The highest BCUT2D eigenvalue weighted by atomic mass is 16.3. The van der Waals surface area contributed by atoms with Crippen molar-refractivity contribution in [2.45, 2.75) is 20.3 Å². The van der Waals surface area contributed by atoms with Crippen molar-refractivity contribution < 1.29 is 9.90 Å². The van der Waals surface area contributed by atoms with Crippen molar-refractivity contribution >= 4 is 5.78 Å². The van der Waals surface area contributed by atoms with Crippen LogP contribution in [0.4, 0.5) is 0 Å². The molecule has 3 nitrogen and oxygen atoms in total. The zero-order chi connectivity index (χ0) is 11.5. The molecule has 0 aliphatic heterocycles. The topological polar surface area (TPSA) is 61.1 Å². The predicted octanol–water partition coefficient (Wildman–Crippen LogP) is 2.05. The molecule has 1 rings (SSSR count). The van der Waals surface area contributed by atoms with E-state index in [1.807, 2.05) is 6.07 Å². The van der Waals surface area contributed by atoms with E-state index in [4.69, 9.17) is 10.4 Å². The molecule has 0 aliphatic carbocycles. The number of nitrogens with zero attached hydrogens (tertiary/aromatic N) is 1. The Balaban J connectivity index is 2.90. The van der Waals surface area contributed by atoms with E-state index in [9.17, 15) is 4.79 Å². The maximum Gasteiger partial charge on any atom is 0.150 e. The molecule has 1 aromatic carbocycles. The van der Waals surface area contributed by atoms with Crippen molar-refractivity contribution in [3.05, 3.63) is 29.8 Å². The quantitative estimate of drug-likeness (QED) is 0.817. The molecule has 78 valence electrons. The number of carbonyl (C=O) groups excluding carboxylic acids is 1. The van der Waals surface area contributed by atoms with Gasteiger partial charge >= 0.3 is 0 Å². The van der Waals surface area contributed by atoms with Crippen LogP contribution in [0.2, 0.25) is 0 Å². The highest BCUT2D eigenvalue weighted by Gasteiger charge is 2.29. The number of phenols is 1.